The number of benzene rings is 1. The van der Waals surface area contributed by atoms with Crippen molar-refractivity contribution < 1.29 is 24.0 Å². The SMILES string of the molecule is CSCC[C@H](NC(=O)[C@@H](S)CCCCN1C(=O)c2ccccc2C1=O)C(=O)N[C@H](C(=O)Nc1ccccn1)C(C)(C)C. The third-order valence-corrected chi connectivity index (χ3v) is 8.00. The Morgan fingerprint density at radius 2 is 1.55 bits per heavy atom. The number of unbranched alkanes of at least 4 members (excludes halogenated alkanes) is 1. The van der Waals surface area contributed by atoms with Crippen LogP contribution in [0.4, 0.5) is 5.82 Å². The first-order valence-corrected chi connectivity index (χ1v) is 15.8. The molecule has 3 rings (SSSR count). The molecule has 0 spiro atoms. The van der Waals surface area contributed by atoms with E-state index in [1.165, 1.54) is 4.90 Å². The lowest BCUT2D eigenvalue weighted by molar-refractivity contribution is -0.132. The number of hydrogen-bond acceptors (Lipinski definition) is 8. The van der Waals surface area contributed by atoms with Gasteiger partial charge in [-0.1, -0.05) is 45.4 Å². The Morgan fingerprint density at radius 1 is 0.905 bits per heavy atom. The number of nitrogens with zero attached hydrogens (tertiary/aromatic N) is 2. The predicted molar refractivity (Wildman–Crippen MR) is 168 cm³/mol. The Morgan fingerprint density at radius 3 is 2.12 bits per heavy atom. The van der Waals surface area contributed by atoms with Gasteiger partial charge in [-0.15, -0.1) is 0 Å². The number of carbonyl (C=O) groups is 5. The number of nitrogens with one attached hydrogen (secondary N) is 3. The fraction of sp³-hybridized carbons (Fsp3) is 0.467. The van der Waals surface area contributed by atoms with Crippen molar-refractivity contribution in [3.05, 3.63) is 59.8 Å². The highest BCUT2D eigenvalue weighted by molar-refractivity contribution is 7.98. The summed E-state index contributed by atoms with van der Waals surface area (Å²) in [7, 11) is 0. The van der Waals surface area contributed by atoms with Crippen LogP contribution in [0.1, 0.15) is 67.2 Å². The first kappa shape index (κ1) is 33.1. The molecule has 5 amide bonds. The van der Waals surface area contributed by atoms with Crippen molar-refractivity contribution >= 4 is 59.7 Å². The molecule has 3 atom stereocenters. The second-order valence-electron chi connectivity index (χ2n) is 11.2. The highest BCUT2D eigenvalue weighted by atomic mass is 32.2. The molecule has 0 radical (unpaired) electrons. The van der Waals surface area contributed by atoms with Gasteiger partial charge in [-0.3, -0.25) is 28.9 Å². The molecule has 0 saturated carbocycles. The first-order valence-electron chi connectivity index (χ1n) is 13.9. The molecule has 10 nitrogen and oxygen atoms in total. The molecule has 0 unspecified atom stereocenters. The van der Waals surface area contributed by atoms with E-state index < -0.39 is 40.5 Å². The molecule has 0 saturated heterocycles. The molecule has 1 aromatic heterocycles. The van der Waals surface area contributed by atoms with Crippen LogP contribution >= 0.6 is 24.4 Å². The highest BCUT2D eigenvalue weighted by Gasteiger charge is 2.36. The van der Waals surface area contributed by atoms with Crippen LogP contribution in [0.15, 0.2) is 48.7 Å². The van der Waals surface area contributed by atoms with Gasteiger partial charge in [-0.25, -0.2) is 4.98 Å². The van der Waals surface area contributed by atoms with Gasteiger partial charge in [-0.05, 0) is 61.0 Å². The zero-order chi connectivity index (χ0) is 30.9. The van der Waals surface area contributed by atoms with E-state index in [9.17, 15) is 24.0 Å². The van der Waals surface area contributed by atoms with Gasteiger partial charge >= 0.3 is 0 Å². The lowest BCUT2D eigenvalue weighted by atomic mass is 9.85. The van der Waals surface area contributed by atoms with E-state index in [2.05, 4.69) is 33.6 Å². The summed E-state index contributed by atoms with van der Waals surface area (Å²) in [4.78, 5) is 69.9. The summed E-state index contributed by atoms with van der Waals surface area (Å²) < 4.78 is 0. The number of thiol groups is 1. The second kappa shape index (κ2) is 15.2. The number of thioether (sulfide) groups is 1. The van der Waals surface area contributed by atoms with Crippen LogP contribution in [0.3, 0.4) is 0 Å². The fourth-order valence-corrected chi connectivity index (χ4v) is 5.24. The van der Waals surface area contributed by atoms with Gasteiger partial charge in [0.1, 0.15) is 17.9 Å². The third-order valence-electron chi connectivity index (χ3n) is 6.86. The molecule has 2 aromatic rings. The maximum atomic E-state index is 13.4. The normalized spacial score (nSPS) is 15.0. The average Bonchev–Trinajstić information content (AvgIpc) is 3.20. The van der Waals surface area contributed by atoms with Crippen LogP contribution in [-0.2, 0) is 14.4 Å². The molecule has 1 aliphatic heterocycles. The van der Waals surface area contributed by atoms with Crippen molar-refractivity contribution in [3.63, 3.8) is 0 Å². The summed E-state index contributed by atoms with van der Waals surface area (Å²) in [6.45, 7) is 5.79. The quantitative estimate of drug-likeness (QED) is 0.145. The number of rotatable bonds is 14. The lowest BCUT2D eigenvalue weighted by Gasteiger charge is -2.32. The number of hydrogen-bond donors (Lipinski definition) is 4. The smallest absolute Gasteiger partial charge is 0.261 e. The maximum absolute atomic E-state index is 13.4. The number of amides is 5. The summed E-state index contributed by atoms with van der Waals surface area (Å²) in [6, 6.07) is 10.2. The van der Waals surface area contributed by atoms with Crippen molar-refractivity contribution in [3.8, 4) is 0 Å². The predicted octanol–water partition coefficient (Wildman–Crippen LogP) is 3.55. The number of carbonyl (C=O) groups excluding carboxylic acids is 5. The molecule has 12 heteroatoms. The van der Waals surface area contributed by atoms with Gasteiger partial charge in [0.25, 0.3) is 11.8 Å². The standard InChI is InChI=1S/C30H39N5O5S2/c1-30(2,3)24(27(38)33-23-14-7-9-16-31-23)34-25(36)21(15-18-42-4)32-26(37)22(41)13-8-10-17-35-28(39)19-11-5-6-12-20(19)29(35)40/h5-7,9,11-12,14,16,21-22,24,41H,8,10,13,15,17-18H2,1-4H3,(H,32,37)(H,34,36)(H,31,33,38)/t21-,22-,24+/m0/s1. The third kappa shape index (κ3) is 8.81. The Labute approximate surface area is 256 Å². The van der Waals surface area contributed by atoms with Crippen molar-refractivity contribution in [2.45, 2.75) is 63.8 Å². The van der Waals surface area contributed by atoms with Crippen molar-refractivity contribution in [1.82, 2.24) is 20.5 Å². The van der Waals surface area contributed by atoms with Gasteiger partial charge in [-0.2, -0.15) is 24.4 Å². The lowest BCUT2D eigenvalue weighted by Crippen LogP contribution is -2.57. The minimum atomic E-state index is -0.880. The maximum Gasteiger partial charge on any atom is 0.261 e. The minimum Gasteiger partial charge on any atom is -0.343 e. The summed E-state index contributed by atoms with van der Waals surface area (Å²) in [5.74, 6) is -0.878. The molecule has 2 heterocycles. The van der Waals surface area contributed by atoms with Crippen LogP contribution in [-0.4, -0.2) is 75.3 Å². The van der Waals surface area contributed by atoms with Crippen LogP contribution in [0, 0.1) is 5.41 Å². The minimum absolute atomic E-state index is 0.252. The number of anilines is 1. The van der Waals surface area contributed by atoms with E-state index in [0.29, 0.717) is 48.4 Å². The Bertz CT molecular complexity index is 1250. The second-order valence-corrected chi connectivity index (χ2v) is 12.8. The zero-order valence-corrected chi connectivity index (χ0v) is 26.1. The molecule has 0 aliphatic carbocycles. The topological polar surface area (TPSA) is 138 Å². The number of aromatic nitrogens is 1. The van der Waals surface area contributed by atoms with Gasteiger partial charge in [0.15, 0.2) is 0 Å². The zero-order valence-electron chi connectivity index (χ0n) is 24.4. The van der Waals surface area contributed by atoms with E-state index in [0.717, 1.165) is 0 Å². The first-order chi connectivity index (χ1) is 19.9. The van der Waals surface area contributed by atoms with Gasteiger partial charge in [0.05, 0.1) is 16.4 Å². The van der Waals surface area contributed by atoms with Crippen LogP contribution in [0.2, 0.25) is 0 Å². The Kier molecular flexibility index (Phi) is 12.0. The van der Waals surface area contributed by atoms with Crippen LogP contribution < -0.4 is 16.0 Å². The summed E-state index contributed by atoms with van der Waals surface area (Å²) >= 11 is 6.00. The molecule has 226 valence electrons. The molecular formula is C30H39N5O5S2. The molecule has 3 N–H and O–H groups in total. The molecule has 0 bridgehead atoms. The molecule has 42 heavy (non-hydrogen) atoms. The largest absolute Gasteiger partial charge is 0.343 e. The van der Waals surface area contributed by atoms with E-state index in [1.807, 2.05) is 27.0 Å². The van der Waals surface area contributed by atoms with Gasteiger partial charge in [0.2, 0.25) is 17.7 Å². The van der Waals surface area contributed by atoms with Crippen LogP contribution in [0.5, 0.6) is 0 Å². The fourth-order valence-electron chi connectivity index (χ4n) is 4.51. The van der Waals surface area contributed by atoms with E-state index in [-0.39, 0.29) is 18.4 Å². The summed E-state index contributed by atoms with van der Waals surface area (Å²) in [6.07, 6.45) is 5.31. The number of fused-ring (bicyclic) bond motifs is 1. The molecule has 1 aliphatic rings. The summed E-state index contributed by atoms with van der Waals surface area (Å²) in [5.41, 5.74) is 0.201. The summed E-state index contributed by atoms with van der Waals surface area (Å²) in [5, 5.41) is 7.68. The molecule has 1 aromatic carbocycles. The van der Waals surface area contributed by atoms with Gasteiger partial charge < -0.3 is 16.0 Å². The number of pyridine rings is 1. The molecular weight excluding hydrogens is 574 g/mol. The van der Waals surface area contributed by atoms with E-state index >= 15 is 0 Å². The average molecular weight is 614 g/mol. The van der Waals surface area contributed by atoms with Crippen molar-refractivity contribution in [2.24, 2.45) is 5.41 Å². The van der Waals surface area contributed by atoms with Crippen molar-refractivity contribution in [1.29, 1.82) is 0 Å². The van der Waals surface area contributed by atoms with Gasteiger partial charge in [0, 0.05) is 12.7 Å². The van der Waals surface area contributed by atoms with Crippen LogP contribution in [0.25, 0.3) is 0 Å². The monoisotopic (exact) mass is 613 g/mol. The Balaban J connectivity index is 1.54. The number of imide groups is 1. The Hall–Kier alpha value is -3.38. The van der Waals surface area contributed by atoms with Crippen molar-refractivity contribution in [2.75, 3.05) is 23.9 Å². The highest BCUT2D eigenvalue weighted by Crippen LogP contribution is 2.24. The van der Waals surface area contributed by atoms with E-state index in [4.69, 9.17) is 0 Å². The van der Waals surface area contributed by atoms with E-state index in [1.54, 1.807) is 60.4 Å². The molecule has 0 fully saturated rings.